The Morgan fingerprint density at radius 2 is 1.95 bits per heavy atom. The molecule has 0 aliphatic rings. The highest BCUT2D eigenvalue weighted by molar-refractivity contribution is 7.80. The first-order valence-corrected chi connectivity index (χ1v) is 7.18. The Bertz CT molecular complexity index is 426. The molecule has 21 heavy (non-hydrogen) atoms. The van der Waals surface area contributed by atoms with Gasteiger partial charge in [0.15, 0.2) is 5.11 Å². The summed E-state index contributed by atoms with van der Waals surface area (Å²) in [4.78, 5) is 3.93. The Labute approximate surface area is 128 Å². The number of alkyl halides is 3. The maximum Gasteiger partial charge on any atom is 0.544 e. The van der Waals surface area contributed by atoms with Crippen molar-refractivity contribution < 1.29 is 18.0 Å². The van der Waals surface area contributed by atoms with Crippen molar-refractivity contribution in [2.24, 2.45) is 0 Å². The quantitative estimate of drug-likeness (QED) is 0.612. The molecule has 0 spiro atoms. The molecule has 0 saturated heterocycles. The third-order valence-corrected chi connectivity index (χ3v) is 3.04. The number of thiocarbonyl (C=S) groups is 1. The minimum atomic E-state index is -4.74. The van der Waals surface area contributed by atoms with Crippen molar-refractivity contribution in [3.63, 3.8) is 0 Å². The average Bonchev–Trinajstić information content (AvgIpc) is 2.43. The van der Waals surface area contributed by atoms with E-state index in [4.69, 9.17) is 12.2 Å². The van der Waals surface area contributed by atoms with Crippen molar-refractivity contribution in [1.82, 2.24) is 10.4 Å². The lowest BCUT2D eigenvalue weighted by Crippen LogP contribution is -2.44. The summed E-state index contributed by atoms with van der Waals surface area (Å²) in [7, 11) is 0. The lowest BCUT2D eigenvalue weighted by atomic mass is 10.1. The van der Waals surface area contributed by atoms with E-state index in [1.807, 2.05) is 37.3 Å². The van der Waals surface area contributed by atoms with Crippen molar-refractivity contribution in [3.05, 3.63) is 35.9 Å². The first-order valence-electron chi connectivity index (χ1n) is 6.77. The molecule has 0 aliphatic heterocycles. The number of halogens is 3. The number of nitrogens with zero attached hydrogens (tertiary/aromatic N) is 1. The zero-order chi connectivity index (χ0) is 15.7. The van der Waals surface area contributed by atoms with E-state index in [0.717, 1.165) is 12.0 Å². The largest absolute Gasteiger partial charge is 0.544 e. The second-order valence-electron chi connectivity index (χ2n) is 4.46. The Kier molecular flexibility index (Phi) is 7.45. The van der Waals surface area contributed by atoms with E-state index in [1.165, 1.54) is 0 Å². The van der Waals surface area contributed by atoms with E-state index in [0.29, 0.717) is 24.4 Å². The van der Waals surface area contributed by atoms with Gasteiger partial charge in [-0.05, 0) is 30.6 Å². The van der Waals surface area contributed by atoms with E-state index in [1.54, 1.807) is 0 Å². The zero-order valence-electron chi connectivity index (χ0n) is 11.8. The number of nitrogens with one attached hydrogen (secondary N) is 1. The SMILES string of the molecule is CCCCN(OC(F)(F)F)C(=S)NCCc1ccccc1. The van der Waals surface area contributed by atoms with E-state index in [2.05, 4.69) is 10.2 Å². The molecule has 3 nitrogen and oxygen atoms in total. The predicted molar refractivity (Wildman–Crippen MR) is 79.5 cm³/mol. The van der Waals surface area contributed by atoms with Gasteiger partial charge in [0.2, 0.25) is 0 Å². The monoisotopic (exact) mass is 320 g/mol. The number of hydroxylamine groups is 2. The van der Waals surface area contributed by atoms with Gasteiger partial charge in [-0.3, -0.25) is 0 Å². The highest BCUT2D eigenvalue weighted by Crippen LogP contribution is 2.19. The molecule has 0 aromatic heterocycles. The van der Waals surface area contributed by atoms with E-state index in [9.17, 15) is 13.2 Å². The smallest absolute Gasteiger partial charge is 0.361 e. The first kappa shape index (κ1) is 17.7. The molecule has 1 rings (SSSR count). The summed E-state index contributed by atoms with van der Waals surface area (Å²) in [5.74, 6) is 0. The van der Waals surface area contributed by atoms with Gasteiger partial charge in [0.25, 0.3) is 0 Å². The van der Waals surface area contributed by atoms with Crippen LogP contribution < -0.4 is 5.32 Å². The molecule has 0 radical (unpaired) electrons. The Balaban J connectivity index is 2.44. The second kappa shape index (κ2) is 8.84. The standard InChI is InChI=1S/C14H19F3N2OS/c1-2-3-11-19(20-14(15,16)17)13(21)18-10-9-12-7-5-4-6-8-12/h4-8H,2-3,9-11H2,1H3,(H,18,21). The van der Waals surface area contributed by atoms with Crippen molar-refractivity contribution in [2.45, 2.75) is 32.5 Å². The van der Waals surface area contributed by atoms with Crippen LogP contribution in [0.3, 0.4) is 0 Å². The fraction of sp³-hybridized carbons (Fsp3) is 0.500. The van der Waals surface area contributed by atoms with Gasteiger partial charge >= 0.3 is 6.36 Å². The molecule has 0 aliphatic carbocycles. The summed E-state index contributed by atoms with van der Waals surface area (Å²) in [6, 6.07) is 9.63. The van der Waals surface area contributed by atoms with Crippen molar-refractivity contribution in [3.8, 4) is 0 Å². The van der Waals surface area contributed by atoms with Crippen LogP contribution in [-0.2, 0) is 11.3 Å². The molecule has 0 saturated carbocycles. The molecular formula is C14H19F3N2OS. The molecule has 0 fully saturated rings. The molecule has 0 unspecified atom stereocenters. The molecule has 0 bridgehead atoms. The zero-order valence-corrected chi connectivity index (χ0v) is 12.6. The number of hydrogen-bond acceptors (Lipinski definition) is 2. The Morgan fingerprint density at radius 3 is 2.52 bits per heavy atom. The van der Waals surface area contributed by atoms with Crippen LogP contribution in [-0.4, -0.2) is 29.6 Å². The fourth-order valence-electron chi connectivity index (χ4n) is 1.66. The highest BCUT2D eigenvalue weighted by atomic mass is 32.1. The maximum atomic E-state index is 12.3. The Morgan fingerprint density at radius 1 is 1.29 bits per heavy atom. The number of unbranched alkanes of at least 4 members (excludes halogenated alkanes) is 1. The molecule has 1 aromatic carbocycles. The molecule has 118 valence electrons. The molecule has 0 heterocycles. The summed E-state index contributed by atoms with van der Waals surface area (Å²) in [6.45, 7) is 2.44. The molecule has 1 N–H and O–H groups in total. The average molecular weight is 320 g/mol. The van der Waals surface area contributed by atoms with Crippen LogP contribution in [0.25, 0.3) is 0 Å². The number of hydrogen-bond donors (Lipinski definition) is 1. The minimum absolute atomic E-state index is 0.0447. The summed E-state index contributed by atoms with van der Waals surface area (Å²) in [5.41, 5.74) is 1.09. The summed E-state index contributed by atoms with van der Waals surface area (Å²) in [5, 5.41) is 3.45. The lowest BCUT2D eigenvalue weighted by molar-refractivity contribution is -0.395. The second-order valence-corrected chi connectivity index (χ2v) is 4.85. The Hall–Kier alpha value is -1.34. The third-order valence-electron chi connectivity index (χ3n) is 2.69. The van der Waals surface area contributed by atoms with Crippen LogP contribution in [0, 0.1) is 0 Å². The molecule has 1 aromatic rings. The normalized spacial score (nSPS) is 11.2. The van der Waals surface area contributed by atoms with Crippen molar-refractivity contribution >= 4 is 17.3 Å². The number of benzene rings is 1. The molecule has 0 atom stereocenters. The molecule has 0 amide bonds. The lowest BCUT2D eigenvalue weighted by Gasteiger charge is -2.25. The summed E-state index contributed by atoms with van der Waals surface area (Å²) >= 11 is 4.96. The minimum Gasteiger partial charge on any atom is -0.361 e. The predicted octanol–water partition coefficient (Wildman–Crippen LogP) is 3.66. The van der Waals surface area contributed by atoms with Crippen LogP contribution in [0.2, 0.25) is 0 Å². The van der Waals surface area contributed by atoms with E-state index in [-0.39, 0.29) is 11.7 Å². The van der Waals surface area contributed by atoms with E-state index < -0.39 is 6.36 Å². The fourth-order valence-corrected chi connectivity index (χ4v) is 1.89. The van der Waals surface area contributed by atoms with Gasteiger partial charge in [0.05, 0.1) is 0 Å². The van der Waals surface area contributed by atoms with Crippen LogP contribution in [0.1, 0.15) is 25.3 Å². The molecular weight excluding hydrogens is 301 g/mol. The van der Waals surface area contributed by atoms with Crippen LogP contribution in [0.5, 0.6) is 0 Å². The van der Waals surface area contributed by atoms with E-state index >= 15 is 0 Å². The van der Waals surface area contributed by atoms with Gasteiger partial charge in [0, 0.05) is 13.1 Å². The van der Waals surface area contributed by atoms with Gasteiger partial charge in [-0.2, -0.15) is 4.84 Å². The van der Waals surface area contributed by atoms with Gasteiger partial charge in [-0.25, -0.2) is 5.06 Å². The summed E-state index contributed by atoms with van der Waals surface area (Å²) < 4.78 is 37.0. The first-order chi connectivity index (χ1) is 9.92. The van der Waals surface area contributed by atoms with Gasteiger partial charge in [-0.1, -0.05) is 43.7 Å². The van der Waals surface area contributed by atoms with Crippen LogP contribution in [0.15, 0.2) is 30.3 Å². The van der Waals surface area contributed by atoms with Gasteiger partial charge in [0.1, 0.15) is 0 Å². The van der Waals surface area contributed by atoms with Crippen LogP contribution >= 0.6 is 12.2 Å². The molecule has 7 heteroatoms. The highest BCUT2D eigenvalue weighted by Gasteiger charge is 2.34. The summed E-state index contributed by atoms with van der Waals surface area (Å²) in [6.07, 6.45) is -2.74. The third kappa shape index (κ3) is 7.87. The van der Waals surface area contributed by atoms with Gasteiger partial charge < -0.3 is 5.32 Å². The van der Waals surface area contributed by atoms with Crippen LogP contribution in [0.4, 0.5) is 13.2 Å². The van der Waals surface area contributed by atoms with Gasteiger partial charge in [-0.15, -0.1) is 13.2 Å². The van der Waals surface area contributed by atoms with Crippen molar-refractivity contribution in [1.29, 1.82) is 0 Å². The van der Waals surface area contributed by atoms with Crippen molar-refractivity contribution in [2.75, 3.05) is 13.1 Å². The topological polar surface area (TPSA) is 24.5 Å². The maximum absolute atomic E-state index is 12.3. The number of rotatable bonds is 7.